The van der Waals surface area contributed by atoms with Crippen molar-refractivity contribution in [2.45, 2.75) is 12.1 Å². The standard InChI is InChI=1S/C14H8ClF3N2/c15-13-3-1-2-12(20-13)11(8-19)9-4-6-10(7-5-9)14(16,17)18/h1-7,11H. The molecule has 0 aliphatic heterocycles. The smallest absolute Gasteiger partial charge is 0.239 e. The van der Waals surface area contributed by atoms with Gasteiger partial charge in [-0.25, -0.2) is 4.98 Å². The van der Waals surface area contributed by atoms with E-state index in [0.717, 1.165) is 12.1 Å². The maximum atomic E-state index is 12.5. The average Bonchev–Trinajstić information content (AvgIpc) is 2.39. The van der Waals surface area contributed by atoms with Crippen molar-refractivity contribution < 1.29 is 13.2 Å². The molecule has 20 heavy (non-hydrogen) atoms. The van der Waals surface area contributed by atoms with Gasteiger partial charge in [-0.15, -0.1) is 0 Å². The number of nitriles is 1. The summed E-state index contributed by atoms with van der Waals surface area (Å²) in [4.78, 5) is 4.01. The molecule has 0 radical (unpaired) electrons. The molecule has 2 rings (SSSR count). The zero-order valence-electron chi connectivity index (χ0n) is 10.0. The molecule has 0 N–H and O–H groups in total. The molecule has 0 aliphatic carbocycles. The molecular formula is C14H8ClF3N2. The van der Waals surface area contributed by atoms with Crippen LogP contribution in [-0.2, 0) is 6.18 Å². The Hall–Kier alpha value is -2.06. The zero-order valence-corrected chi connectivity index (χ0v) is 10.8. The van der Waals surface area contributed by atoms with Crippen molar-refractivity contribution in [2.75, 3.05) is 0 Å². The molecule has 1 aromatic heterocycles. The SMILES string of the molecule is N#CC(c1ccc(C(F)(F)F)cc1)c1cccc(Cl)n1. The van der Waals surface area contributed by atoms with Gasteiger partial charge in [0.2, 0.25) is 0 Å². The Morgan fingerprint density at radius 2 is 1.75 bits per heavy atom. The molecule has 0 aliphatic rings. The first-order valence-electron chi connectivity index (χ1n) is 5.61. The molecule has 1 atom stereocenters. The predicted molar refractivity (Wildman–Crippen MR) is 68.1 cm³/mol. The highest BCUT2D eigenvalue weighted by molar-refractivity contribution is 6.29. The van der Waals surface area contributed by atoms with Crippen LogP contribution < -0.4 is 0 Å². The number of nitrogens with zero attached hydrogens (tertiary/aromatic N) is 2. The van der Waals surface area contributed by atoms with E-state index in [9.17, 15) is 18.4 Å². The van der Waals surface area contributed by atoms with Crippen LogP contribution in [0.4, 0.5) is 13.2 Å². The third kappa shape index (κ3) is 3.09. The minimum absolute atomic E-state index is 0.231. The van der Waals surface area contributed by atoms with Crippen molar-refractivity contribution in [3.8, 4) is 6.07 Å². The highest BCUT2D eigenvalue weighted by atomic mass is 35.5. The second kappa shape index (κ2) is 5.51. The van der Waals surface area contributed by atoms with Crippen molar-refractivity contribution in [3.05, 3.63) is 64.4 Å². The van der Waals surface area contributed by atoms with E-state index in [4.69, 9.17) is 11.6 Å². The number of benzene rings is 1. The highest BCUT2D eigenvalue weighted by Gasteiger charge is 2.30. The van der Waals surface area contributed by atoms with Crippen LogP contribution in [0.15, 0.2) is 42.5 Å². The van der Waals surface area contributed by atoms with Crippen LogP contribution in [0.2, 0.25) is 5.15 Å². The van der Waals surface area contributed by atoms with Gasteiger partial charge in [0.05, 0.1) is 17.3 Å². The van der Waals surface area contributed by atoms with Gasteiger partial charge in [-0.1, -0.05) is 29.8 Å². The van der Waals surface area contributed by atoms with E-state index in [0.29, 0.717) is 11.3 Å². The number of hydrogen-bond acceptors (Lipinski definition) is 2. The number of rotatable bonds is 2. The molecule has 2 aromatic rings. The highest BCUT2D eigenvalue weighted by Crippen LogP contribution is 2.31. The van der Waals surface area contributed by atoms with Crippen molar-refractivity contribution in [1.82, 2.24) is 4.98 Å². The summed E-state index contributed by atoms with van der Waals surface area (Å²) in [6, 6.07) is 11.3. The maximum Gasteiger partial charge on any atom is 0.416 e. The normalized spacial score (nSPS) is 12.8. The van der Waals surface area contributed by atoms with E-state index in [1.807, 2.05) is 6.07 Å². The summed E-state index contributed by atoms with van der Waals surface area (Å²) in [7, 11) is 0. The summed E-state index contributed by atoms with van der Waals surface area (Å²) in [5, 5.41) is 9.43. The molecule has 6 heteroatoms. The Labute approximate surface area is 118 Å². The van der Waals surface area contributed by atoms with Gasteiger partial charge in [0, 0.05) is 0 Å². The monoisotopic (exact) mass is 296 g/mol. The topological polar surface area (TPSA) is 36.7 Å². The lowest BCUT2D eigenvalue weighted by Crippen LogP contribution is -2.06. The molecule has 1 unspecified atom stereocenters. The van der Waals surface area contributed by atoms with E-state index in [-0.39, 0.29) is 5.15 Å². The Morgan fingerprint density at radius 3 is 2.25 bits per heavy atom. The second-order valence-electron chi connectivity index (χ2n) is 4.07. The van der Waals surface area contributed by atoms with Gasteiger partial charge in [0.15, 0.2) is 0 Å². The third-order valence-corrected chi connectivity index (χ3v) is 2.94. The lowest BCUT2D eigenvalue weighted by Gasteiger charge is -2.11. The molecule has 2 nitrogen and oxygen atoms in total. The number of pyridine rings is 1. The molecule has 0 fully saturated rings. The van der Waals surface area contributed by atoms with Gasteiger partial charge in [-0.05, 0) is 29.8 Å². The van der Waals surface area contributed by atoms with Crippen LogP contribution in [0.5, 0.6) is 0 Å². The van der Waals surface area contributed by atoms with E-state index < -0.39 is 17.7 Å². The van der Waals surface area contributed by atoms with Crippen LogP contribution in [0.25, 0.3) is 0 Å². The zero-order chi connectivity index (χ0) is 14.8. The summed E-state index contributed by atoms with van der Waals surface area (Å²) in [6.45, 7) is 0. The molecule has 0 amide bonds. The maximum absolute atomic E-state index is 12.5. The Morgan fingerprint density at radius 1 is 1.10 bits per heavy atom. The van der Waals surface area contributed by atoms with Crippen LogP contribution in [-0.4, -0.2) is 4.98 Å². The van der Waals surface area contributed by atoms with Crippen molar-refractivity contribution >= 4 is 11.6 Å². The predicted octanol–water partition coefficient (Wildman–Crippen LogP) is 4.41. The van der Waals surface area contributed by atoms with Gasteiger partial charge in [-0.3, -0.25) is 0 Å². The van der Waals surface area contributed by atoms with Crippen LogP contribution in [0.3, 0.4) is 0 Å². The van der Waals surface area contributed by atoms with Crippen LogP contribution >= 0.6 is 11.6 Å². The fraction of sp³-hybridized carbons (Fsp3) is 0.143. The molecule has 1 heterocycles. The molecule has 0 spiro atoms. The molecule has 0 saturated carbocycles. The number of alkyl halides is 3. The number of hydrogen-bond donors (Lipinski definition) is 0. The van der Waals surface area contributed by atoms with Gasteiger partial charge < -0.3 is 0 Å². The quantitative estimate of drug-likeness (QED) is 0.770. The van der Waals surface area contributed by atoms with Crippen LogP contribution in [0, 0.1) is 11.3 Å². The molecular weight excluding hydrogens is 289 g/mol. The molecule has 0 bridgehead atoms. The van der Waals surface area contributed by atoms with Gasteiger partial charge in [-0.2, -0.15) is 18.4 Å². The summed E-state index contributed by atoms with van der Waals surface area (Å²) in [5.74, 6) is -0.754. The van der Waals surface area contributed by atoms with Crippen molar-refractivity contribution in [2.24, 2.45) is 0 Å². The third-order valence-electron chi connectivity index (χ3n) is 2.73. The first-order chi connectivity index (χ1) is 9.41. The Bertz CT molecular complexity index is 645. The Kier molecular flexibility index (Phi) is 3.96. The van der Waals surface area contributed by atoms with Crippen LogP contribution in [0.1, 0.15) is 22.7 Å². The van der Waals surface area contributed by atoms with Crippen molar-refractivity contribution in [3.63, 3.8) is 0 Å². The fourth-order valence-corrected chi connectivity index (χ4v) is 1.93. The van der Waals surface area contributed by atoms with E-state index in [2.05, 4.69) is 4.98 Å². The largest absolute Gasteiger partial charge is 0.416 e. The molecule has 0 saturated heterocycles. The van der Waals surface area contributed by atoms with E-state index in [1.54, 1.807) is 18.2 Å². The summed E-state index contributed by atoms with van der Waals surface area (Å²) in [5.41, 5.74) is 0.0898. The number of aromatic nitrogens is 1. The summed E-state index contributed by atoms with van der Waals surface area (Å²) >= 11 is 5.75. The lowest BCUT2D eigenvalue weighted by atomic mass is 9.95. The average molecular weight is 297 g/mol. The minimum atomic E-state index is -4.39. The van der Waals surface area contributed by atoms with E-state index >= 15 is 0 Å². The van der Waals surface area contributed by atoms with E-state index in [1.165, 1.54) is 12.1 Å². The number of halogens is 4. The lowest BCUT2D eigenvalue weighted by molar-refractivity contribution is -0.137. The van der Waals surface area contributed by atoms with Gasteiger partial charge in [0.1, 0.15) is 11.1 Å². The fourth-order valence-electron chi connectivity index (χ4n) is 1.76. The first-order valence-corrected chi connectivity index (χ1v) is 5.99. The minimum Gasteiger partial charge on any atom is -0.239 e. The summed E-state index contributed by atoms with van der Waals surface area (Å²) < 4.78 is 37.5. The van der Waals surface area contributed by atoms with Gasteiger partial charge in [0.25, 0.3) is 0 Å². The van der Waals surface area contributed by atoms with Gasteiger partial charge >= 0.3 is 6.18 Å². The molecule has 102 valence electrons. The molecule has 1 aromatic carbocycles. The Balaban J connectivity index is 2.36. The first kappa shape index (κ1) is 14.4. The summed E-state index contributed by atoms with van der Waals surface area (Å²) in [6.07, 6.45) is -4.39. The second-order valence-corrected chi connectivity index (χ2v) is 4.45. The van der Waals surface area contributed by atoms with Crippen molar-refractivity contribution in [1.29, 1.82) is 5.26 Å².